The summed E-state index contributed by atoms with van der Waals surface area (Å²) in [6.45, 7) is 1.70. The first-order valence-electron chi connectivity index (χ1n) is 8.52. The molecule has 0 spiro atoms. The molecule has 0 atom stereocenters. The van der Waals surface area contributed by atoms with E-state index in [4.69, 9.17) is 18.6 Å². The van der Waals surface area contributed by atoms with E-state index in [1.807, 2.05) is 0 Å². The second-order valence-electron chi connectivity index (χ2n) is 5.54. The number of hydrogen-bond acceptors (Lipinski definition) is 7. The van der Waals surface area contributed by atoms with E-state index in [9.17, 15) is 9.59 Å². The molecule has 0 radical (unpaired) electrons. The van der Waals surface area contributed by atoms with Gasteiger partial charge in [0.15, 0.2) is 18.1 Å². The van der Waals surface area contributed by atoms with Crippen LogP contribution in [0.2, 0.25) is 0 Å². The van der Waals surface area contributed by atoms with Crippen LogP contribution in [-0.2, 0) is 9.53 Å². The van der Waals surface area contributed by atoms with Gasteiger partial charge in [-0.25, -0.2) is 4.79 Å². The maximum Gasteiger partial charge on any atom is 0.341 e. The Kier molecular flexibility index (Phi) is 6.33. The molecule has 0 aliphatic heterocycles. The number of amides is 1. The van der Waals surface area contributed by atoms with E-state index >= 15 is 0 Å². The summed E-state index contributed by atoms with van der Waals surface area (Å²) >= 11 is 1.21. The van der Waals surface area contributed by atoms with Crippen LogP contribution >= 0.6 is 11.3 Å². The summed E-state index contributed by atoms with van der Waals surface area (Å²) in [5.41, 5.74) is 0.821. The standard InChI is InChI=1S/C20H19NO6S/c1-3-25-20(23)18-13(14-9-6-10-26-14)12-28-19(18)21-17(22)11-27-16-8-5-4-7-15(16)24-2/h4-10,12H,3,11H2,1-2H3,(H,21,22). The summed E-state index contributed by atoms with van der Waals surface area (Å²) in [6, 6.07) is 10.5. The molecule has 146 valence electrons. The van der Waals surface area contributed by atoms with E-state index in [0.29, 0.717) is 27.8 Å². The molecule has 28 heavy (non-hydrogen) atoms. The van der Waals surface area contributed by atoms with Gasteiger partial charge in [-0.1, -0.05) is 12.1 Å². The minimum Gasteiger partial charge on any atom is -0.493 e. The minimum absolute atomic E-state index is 0.219. The third-order valence-electron chi connectivity index (χ3n) is 3.74. The van der Waals surface area contributed by atoms with Crippen molar-refractivity contribution >= 4 is 28.2 Å². The Balaban J connectivity index is 1.76. The molecule has 2 heterocycles. The summed E-state index contributed by atoms with van der Waals surface area (Å²) in [5, 5.41) is 4.82. The lowest BCUT2D eigenvalue weighted by molar-refractivity contribution is -0.118. The van der Waals surface area contributed by atoms with Crippen LogP contribution in [0.15, 0.2) is 52.5 Å². The Morgan fingerprint density at radius 2 is 1.93 bits per heavy atom. The van der Waals surface area contributed by atoms with Crippen LogP contribution in [0.5, 0.6) is 11.5 Å². The number of anilines is 1. The van der Waals surface area contributed by atoms with Crippen LogP contribution in [0.1, 0.15) is 17.3 Å². The predicted molar refractivity (Wildman–Crippen MR) is 105 cm³/mol. The number of esters is 1. The molecule has 3 rings (SSSR count). The van der Waals surface area contributed by atoms with Gasteiger partial charge in [-0.05, 0) is 31.2 Å². The number of nitrogens with one attached hydrogen (secondary N) is 1. The van der Waals surface area contributed by atoms with Gasteiger partial charge in [0, 0.05) is 10.9 Å². The molecule has 0 fully saturated rings. The topological polar surface area (TPSA) is 87.0 Å². The number of carbonyl (C=O) groups is 2. The highest BCUT2D eigenvalue weighted by Crippen LogP contribution is 2.36. The molecule has 0 aliphatic rings. The Hall–Kier alpha value is -3.26. The number of hydrogen-bond donors (Lipinski definition) is 1. The third-order valence-corrected chi connectivity index (χ3v) is 4.63. The van der Waals surface area contributed by atoms with Gasteiger partial charge in [-0.15, -0.1) is 11.3 Å². The molecule has 0 saturated carbocycles. The van der Waals surface area contributed by atoms with Gasteiger partial charge >= 0.3 is 5.97 Å². The number of para-hydroxylation sites is 2. The molecule has 0 bridgehead atoms. The number of ether oxygens (including phenoxy) is 3. The highest BCUT2D eigenvalue weighted by Gasteiger charge is 2.24. The number of methoxy groups -OCH3 is 1. The maximum absolute atomic E-state index is 12.4. The van der Waals surface area contributed by atoms with Crippen molar-refractivity contribution < 1.29 is 28.2 Å². The van der Waals surface area contributed by atoms with Crippen molar-refractivity contribution in [3.05, 3.63) is 53.6 Å². The molecule has 7 nitrogen and oxygen atoms in total. The van der Waals surface area contributed by atoms with Crippen LogP contribution in [0, 0.1) is 0 Å². The first-order valence-corrected chi connectivity index (χ1v) is 9.40. The van der Waals surface area contributed by atoms with Gasteiger partial charge in [-0.2, -0.15) is 0 Å². The molecule has 1 N–H and O–H groups in total. The lowest BCUT2D eigenvalue weighted by Crippen LogP contribution is -2.21. The van der Waals surface area contributed by atoms with E-state index in [1.165, 1.54) is 24.7 Å². The number of rotatable bonds is 8. The van der Waals surface area contributed by atoms with Crippen molar-refractivity contribution in [2.75, 3.05) is 25.6 Å². The fourth-order valence-electron chi connectivity index (χ4n) is 2.51. The van der Waals surface area contributed by atoms with Crippen LogP contribution in [0.25, 0.3) is 11.3 Å². The van der Waals surface area contributed by atoms with E-state index in [-0.39, 0.29) is 18.8 Å². The van der Waals surface area contributed by atoms with Gasteiger partial charge < -0.3 is 23.9 Å². The molecule has 3 aromatic rings. The van der Waals surface area contributed by atoms with Crippen molar-refractivity contribution in [3.63, 3.8) is 0 Å². The second kappa shape index (κ2) is 9.09. The summed E-state index contributed by atoms with van der Waals surface area (Å²) in [4.78, 5) is 24.8. The summed E-state index contributed by atoms with van der Waals surface area (Å²) in [6.07, 6.45) is 1.52. The van der Waals surface area contributed by atoms with E-state index < -0.39 is 11.9 Å². The predicted octanol–water partition coefficient (Wildman–Crippen LogP) is 4.21. The third kappa shape index (κ3) is 4.34. The van der Waals surface area contributed by atoms with E-state index in [1.54, 1.807) is 48.7 Å². The Bertz CT molecular complexity index is 948. The summed E-state index contributed by atoms with van der Waals surface area (Å²) in [7, 11) is 1.52. The zero-order valence-electron chi connectivity index (χ0n) is 15.4. The van der Waals surface area contributed by atoms with Gasteiger partial charge in [0.2, 0.25) is 0 Å². The molecule has 0 saturated heterocycles. The first-order chi connectivity index (χ1) is 13.6. The number of carbonyl (C=O) groups excluding carboxylic acids is 2. The number of furan rings is 1. The van der Waals surface area contributed by atoms with E-state index in [2.05, 4.69) is 5.32 Å². The molecule has 8 heteroatoms. The average molecular weight is 401 g/mol. The minimum atomic E-state index is -0.531. The van der Waals surface area contributed by atoms with Gasteiger partial charge in [0.1, 0.15) is 16.3 Å². The van der Waals surface area contributed by atoms with Crippen LogP contribution in [-0.4, -0.2) is 32.2 Å². The fourth-order valence-corrected chi connectivity index (χ4v) is 3.47. The van der Waals surface area contributed by atoms with Crippen molar-refractivity contribution in [2.45, 2.75) is 6.92 Å². The highest BCUT2D eigenvalue weighted by molar-refractivity contribution is 7.15. The van der Waals surface area contributed by atoms with Gasteiger partial charge in [0.25, 0.3) is 5.91 Å². The maximum atomic E-state index is 12.4. The fraction of sp³-hybridized carbons (Fsp3) is 0.200. The number of benzene rings is 1. The van der Waals surface area contributed by atoms with E-state index in [0.717, 1.165) is 0 Å². The number of thiophene rings is 1. The summed E-state index contributed by atoms with van der Waals surface area (Å²) < 4.78 is 21.2. The Labute approximate surface area is 165 Å². The summed E-state index contributed by atoms with van der Waals surface area (Å²) in [5.74, 6) is 0.553. The second-order valence-corrected chi connectivity index (χ2v) is 6.42. The normalized spacial score (nSPS) is 10.4. The molecular weight excluding hydrogens is 382 g/mol. The molecule has 2 aromatic heterocycles. The SMILES string of the molecule is CCOC(=O)c1c(-c2ccco2)csc1NC(=O)COc1ccccc1OC. The van der Waals surface area contributed by atoms with Crippen LogP contribution in [0.4, 0.5) is 5.00 Å². The zero-order chi connectivity index (χ0) is 19.9. The lowest BCUT2D eigenvalue weighted by Gasteiger charge is -2.11. The molecule has 1 amide bonds. The quantitative estimate of drug-likeness (QED) is 0.569. The lowest BCUT2D eigenvalue weighted by atomic mass is 10.1. The monoisotopic (exact) mass is 401 g/mol. The smallest absolute Gasteiger partial charge is 0.341 e. The molecular formula is C20H19NO6S. The first kappa shape index (κ1) is 19.5. The van der Waals surface area contributed by atoms with Crippen molar-refractivity contribution in [3.8, 4) is 22.8 Å². The molecule has 0 unspecified atom stereocenters. The van der Waals surface area contributed by atoms with Gasteiger partial charge in [0.05, 0.1) is 20.0 Å². The van der Waals surface area contributed by atoms with Crippen molar-refractivity contribution in [1.29, 1.82) is 0 Å². The Morgan fingerprint density at radius 3 is 2.61 bits per heavy atom. The largest absolute Gasteiger partial charge is 0.493 e. The Morgan fingerprint density at radius 1 is 1.14 bits per heavy atom. The average Bonchev–Trinajstić information content (AvgIpc) is 3.36. The molecule has 1 aromatic carbocycles. The van der Waals surface area contributed by atoms with Crippen molar-refractivity contribution in [1.82, 2.24) is 0 Å². The highest BCUT2D eigenvalue weighted by atomic mass is 32.1. The van der Waals surface area contributed by atoms with Crippen LogP contribution < -0.4 is 14.8 Å². The van der Waals surface area contributed by atoms with Gasteiger partial charge in [-0.3, -0.25) is 4.79 Å². The van der Waals surface area contributed by atoms with Crippen molar-refractivity contribution in [2.24, 2.45) is 0 Å². The van der Waals surface area contributed by atoms with Crippen LogP contribution in [0.3, 0.4) is 0 Å². The zero-order valence-corrected chi connectivity index (χ0v) is 16.2. The molecule has 0 aliphatic carbocycles.